The van der Waals surface area contributed by atoms with E-state index in [1.165, 1.54) is 32.7 Å². The van der Waals surface area contributed by atoms with E-state index in [1.54, 1.807) is 6.20 Å². The minimum absolute atomic E-state index is 0.0550. The second-order valence-corrected chi connectivity index (χ2v) is 8.79. The van der Waals surface area contributed by atoms with Crippen LogP contribution in [-0.2, 0) is 11.3 Å². The Hall–Kier alpha value is -2.70. The molecule has 1 aliphatic rings. The van der Waals surface area contributed by atoms with E-state index in [2.05, 4.69) is 57.8 Å². The molecule has 5 nitrogen and oxygen atoms in total. The van der Waals surface area contributed by atoms with Crippen LogP contribution in [0.3, 0.4) is 0 Å². The minimum atomic E-state index is -0.0550. The third-order valence-corrected chi connectivity index (χ3v) is 7.02. The van der Waals surface area contributed by atoms with Crippen molar-refractivity contribution in [2.75, 3.05) is 18.4 Å². The molecule has 2 aromatic carbocycles. The van der Waals surface area contributed by atoms with Gasteiger partial charge in [-0.25, -0.2) is 4.68 Å². The number of thiophene rings is 1. The van der Waals surface area contributed by atoms with Gasteiger partial charge in [0.05, 0.1) is 12.2 Å². The number of carbonyl (C=O) groups is 1. The first-order valence-corrected chi connectivity index (χ1v) is 10.9. The molecule has 29 heavy (non-hydrogen) atoms. The molecule has 3 heterocycles. The van der Waals surface area contributed by atoms with Crippen molar-refractivity contribution in [1.29, 1.82) is 0 Å². The van der Waals surface area contributed by atoms with Crippen molar-refractivity contribution >= 4 is 43.2 Å². The predicted molar refractivity (Wildman–Crippen MR) is 119 cm³/mol. The number of piperidine rings is 1. The van der Waals surface area contributed by atoms with E-state index >= 15 is 0 Å². The number of anilines is 1. The van der Waals surface area contributed by atoms with Crippen molar-refractivity contribution in [3.05, 3.63) is 60.3 Å². The standard InChI is InChI=1S/C23H24N4OS/c1-16(28)25-22-9-12-24-27(22)18-10-13-26(14-11-18)15-17-5-4-7-20-19-6-2-3-8-21(19)29-23(17)20/h2-9,12,18H,10-11,13-15H2,1H3,(H,25,28). The zero-order valence-electron chi connectivity index (χ0n) is 16.5. The molecule has 0 radical (unpaired) electrons. The molecular formula is C23H24N4OS. The lowest BCUT2D eigenvalue weighted by atomic mass is 10.0. The van der Waals surface area contributed by atoms with Gasteiger partial charge in [-0.15, -0.1) is 11.3 Å². The summed E-state index contributed by atoms with van der Waals surface area (Å²) in [5.41, 5.74) is 1.42. The summed E-state index contributed by atoms with van der Waals surface area (Å²) in [6.45, 7) is 4.58. The number of hydrogen-bond donors (Lipinski definition) is 1. The second-order valence-electron chi connectivity index (χ2n) is 7.74. The number of hydrogen-bond acceptors (Lipinski definition) is 4. The Kier molecular flexibility index (Phi) is 4.81. The average Bonchev–Trinajstić information content (AvgIpc) is 3.33. The van der Waals surface area contributed by atoms with Gasteiger partial charge in [-0.1, -0.05) is 36.4 Å². The van der Waals surface area contributed by atoms with Gasteiger partial charge in [0.15, 0.2) is 0 Å². The van der Waals surface area contributed by atoms with Gasteiger partial charge in [0.25, 0.3) is 0 Å². The highest BCUT2D eigenvalue weighted by molar-refractivity contribution is 7.26. The quantitative estimate of drug-likeness (QED) is 0.518. The summed E-state index contributed by atoms with van der Waals surface area (Å²) >= 11 is 1.90. The van der Waals surface area contributed by atoms with E-state index in [1.807, 2.05) is 22.1 Å². The van der Waals surface area contributed by atoms with Gasteiger partial charge in [-0.2, -0.15) is 5.10 Å². The monoisotopic (exact) mass is 404 g/mol. The topological polar surface area (TPSA) is 50.2 Å². The molecule has 148 valence electrons. The van der Waals surface area contributed by atoms with Crippen LogP contribution in [0.1, 0.15) is 31.4 Å². The second kappa shape index (κ2) is 7.61. The number of nitrogens with zero attached hydrogens (tertiary/aromatic N) is 3. The normalized spacial score (nSPS) is 15.9. The van der Waals surface area contributed by atoms with Gasteiger partial charge in [-0.3, -0.25) is 9.69 Å². The Bertz CT molecular complexity index is 1170. The van der Waals surface area contributed by atoms with Crippen LogP contribution in [0, 0.1) is 0 Å². The zero-order chi connectivity index (χ0) is 19.8. The summed E-state index contributed by atoms with van der Waals surface area (Å²) in [6.07, 6.45) is 3.84. The third-order valence-electron chi connectivity index (χ3n) is 5.76. The maximum atomic E-state index is 11.4. The first kappa shape index (κ1) is 18.3. The summed E-state index contributed by atoms with van der Waals surface area (Å²) in [7, 11) is 0. The zero-order valence-corrected chi connectivity index (χ0v) is 17.3. The SMILES string of the molecule is CC(=O)Nc1ccnn1C1CCN(Cc2cccc3c2sc2ccccc23)CC1. The summed E-state index contributed by atoms with van der Waals surface area (Å²) in [4.78, 5) is 14.0. The van der Waals surface area contributed by atoms with Gasteiger partial charge in [-0.05, 0) is 24.5 Å². The Labute approximate surface area is 173 Å². The number of carbonyl (C=O) groups excluding carboxylic acids is 1. The summed E-state index contributed by atoms with van der Waals surface area (Å²) in [5.74, 6) is 0.742. The van der Waals surface area contributed by atoms with Crippen LogP contribution in [0.2, 0.25) is 0 Å². The van der Waals surface area contributed by atoms with Crippen LogP contribution in [0.5, 0.6) is 0 Å². The van der Waals surface area contributed by atoms with Gasteiger partial charge in [0, 0.05) is 52.8 Å². The van der Waals surface area contributed by atoms with E-state index in [-0.39, 0.29) is 5.91 Å². The number of likely N-dealkylation sites (tertiary alicyclic amines) is 1. The molecule has 1 amide bonds. The molecule has 5 rings (SSSR count). The Morgan fingerprint density at radius 2 is 1.90 bits per heavy atom. The van der Waals surface area contributed by atoms with Crippen molar-refractivity contribution in [3.8, 4) is 0 Å². The smallest absolute Gasteiger partial charge is 0.222 e. The Morgan fingerprint density at radius 3 is 2.72 bits per heavy atom. The molecule has 0 unspecified atom stereocenters. The molecule has 1 N–H and O–H groups in total. The van der Waals surface area contributed by atoms with Gasteiger partial charge in [0.2, 0.25) is 5.91 Å². The molecule has 1 saturated heterocycles. The highest BCUT2D eigenvalue weighted by Crippen LogP contribution is 2.36. The molecule has 0 saturated carbocycles. The molecule has 1 aliphatic heterocycles. The predicted octanol–water partition coefficient (Wildman–Crippen LogP) is 5.05. The molecule has 0 atom stereocenters. The van der Waals surface area contributed by atoms with E-state index in [0.717, 1.165) is 38.3 Å². The number of benzene rings is 2. The molecule has 0 aliphatic carbocycles. The van der Waals surface area contributed by atoms with Crippen molar-refractivity contribution in [2.24, 2.45) is 0 Å². The Balaban J connectivity index is 1.31. The van der Waals surface area contributed by atoms with E-state index in [9.17, 15) is 4.79 Å². The number of fused-ring (bicyclic) bond motifs is 3. The molecule has 4 aromatic rings. The van der Waals surface area contributed by atoms with Crippen LogP contribution in [0.15, 0.2) is 54.7 Å². The van der Waals surface area contributed by atoms with Gasteiger partial charge < -0.3 is 5.32 Å². The van der Waals surface area contributed by atoms with Crippen molar-refractivity contribution in [2.45, 2.75) is 32.4 Å². The van der Waals surface area contributed by atoms with Crippen LogP contribution < -0.4 is 5.32 Å². The summed E-state index contributed by atoms with van der Waals surface area (Å²) in [5, 5.41) is 10.1. The number of rotatable bonds is 4. The van der Waals surface area contributed by atoms with Gasteiger partial charge in [0.1, 0.15) is 5.82 Å². The molecule has 2 aromatic heterocycles. The van der Waals surface area contributed by atoms with Crippen LogP contribution in [-0.4, -0.2) is 33.7 Å². The highest BCUT2D eigenvalue weighted by Gasteiger charge is 2.23. The first-order valence-electron chi connectivity index (χ1n) is 10.1. The van der Waals surface area contributed by atoms with Crippen LogP contribution >= 0.6 is 11.3 Å². The fraction of sp³-hybridized carbons (Fsp3) is 0.304. The molecule has 1 fully saturated rings. The molecule has 6 heteroatoms. The molecular weight excluding hydrogens is 380 g/mol. The largest absolute Gasteiger partial charge is 0.311 e. The first-order chi connectivity index (χ1) is 14.2. The van der Waals surface area contributed by atoms with E-state index < -0.39 is 0 Å². The third kappa shape index (κ3) is 3.54. The van der Waals surface area contributed by atoms with E-state index in [4.69, 9.17) is 0 Å². The average molecular weight is 405 g/mol. The van der Waals surface area contributed by atoms with Crippen molar-refractivity contribution < 1.29 is 4.79 Å². The van der Waals surface area contributed by atoms with Crippen LogP contribution in [0.25, 0.3) is 20.2 Å². The van der Waals surface area contributed by atoms with E-state index in [0.29, 0.717) is 6.04 Å². The summed E-state index contributed by atoms with van der Waals surface area (Å²) < 4.78 is 4.75. The lowest BCUT2D eigenvalue weighted by Crippen LogP contribution is -2.34. The Morgan fingerprint density at radius 1 is 1.10 bits per heavy atom. The maximum Gasteiger partial charge on any atom is 0.222 e. The van der Waals surface area contributed by atoms with Gasteiger partial charge >= 0.3 is 0 Å². The van der Waals surface area contributed by atoms with Crippen molar-refractivity contribution in [1.82, 2.24) is 14.7 Å². The lowest BCUT2D eigenvalue weighted by Gasteiger charge is -2.32. The molecule has 0 spiro atoms. The summed E-state index contributed by atoms with van der Waals surface area (Å²) in [6, 6.07) is 17.6. The molecule has 0 bridgehead atoms. The lowest BCUT2D eigenvalue weighted by molar-refractivity contribution is -0.114. The fourth-order valence-electron chi connectivity index (χ4n) is 4.38. The van der Waals surface area contributed by atoms with Crippen LogP contribution in [0.4, 0.5) is 5.82 Å². The van der Waals surface area contributed by atoms with Crippen molar-refractivity contribution in [3.63, 3.8) is 0 Å². The maximum absolute atomic E-state index is 11.4. The number of aromatic nitrogens is 2. The fourth-order valence-corrected chi connectivity index (χ4v) is 5.58. The minimum Gasteiger partial charge on any atom is -0.311 e. The number of nitrogens with one attached hydrogen (secondary N) is 1. The highest BCUT2D eigenvalue weighted by atomic mass is 32.1. The number of amides is 1.